The molecule has 7 heteroatoms. The maximum Gasteiger partial charge on any atom is 0.335 e. The Morgan fingerprint density at radius 2 is 1.81 bits per heavy atom. The molecule has 0 saturated heterocycles. The third-order valence-corrected chi connectivity index (χ3v) is 3.25. The lowest BCUT2D eigenvalue weighted by molar-refractivity contribution is 0.0696. The molecule has 0 aliphatic carbocycles. The van der Waals surface area contributed by atoms with Gasteiger partial charge in [0.2, 0.25) is 0 Å². The molecular formula is C14H11IN2O4. The van der Waals surface area contributed by atoms with Crippen molar-refractivity contribution in [3.8, 4) is 5.75 Å². The van der Waals surface area contributed by atoms with Gasteiger partial charge in [-0.05, 0) is 59.0 Å². The topological polar surface area (TPSA) is 98.7 Å². The number of rotatable bonds is 3. The summed E-state index contributed by atoms with van der Waals surface area (Å²) in [5.74, 6) is -1.46. The fourth-order valence-corrected chi connectivity index (χ4v) is 2.16. The van der Waals surface area contributed by atoms with Crippen molar-refractivity contribution >= 4 is 46.0 Å². The van der Waals surface area contributed by atoms with Crippen molar-refractivity contribution in [2.45, 2.75) is 0 Å². The van der Waals surface area contributed by atoms with E-state index >= 15 is 0 Å². The summed E-state index contributed by atoms with van der Waals surface area (Å²) in [4.78, 5) is 22.6. The molecule has 4 N–H and O–H groups in total. The Kier molecular flexibility index (Phi) is 4.63. The molecule has 0 unspecified atom stereocenters. The molecule has 108 valence electrons. The van der Waals surface area contributed by atoms with E-state index in [1.165, 1.54) is 12.1 Å². The van der Waals surface area contributed by atoms with E-state index in [1.54, 1.807) is 18.2 Å². The number of amides is 2. The lowest BCUT2D eigenvalue weighted by Gasteiger charge is -2.09. The SMILES string of the molecule is O=C(Nc1cccc(I)c1)Nc1ccc(C(=O)O)cc1O. The molecule has 2 rings (SSSR count). The normalized spacial score (nSPS) is 9.95. The summed E-state index contributed by atoms with van der Waals surface area (Å²) in [7, 11) is 0. The van der Waals surface area contributed by atoms with Gasteiger partial charge in [0.15, 0.2) is 0 Å². The Morgan fingerprint density at radius 1 is 1.05 bits per heavy atom. The van der Waals surface area contributed by atoms with Crippen molar-refractivity contribution in [2.24, 2.45) is 0 Å². The van der Waals surface area contributed by atoms with Crippen LogP contribution in [0.15, 0.2) is 42.5 Å². The maximum atomic E-state index is 11.8. The van der Waals surface area contributed by atoms with Gasteiger partial charge in [0.25, 0.3) is 0 Å². The quantitative estimate of drug-likeness (QED) is 0.471. The first-order valence-electron chi connectivity index (χ1n) is 5.85. The average molecular weight is 398 g/mol. The van der Waals surface area contributed by atoms with E-state index in [9.17, 15) is 14.7 Å². The van der Waals surface area contributed by atoms with Crippen molar-refractivity contribution in [1.82, 2.24) is 0 Å². The third-order valence-electron chi connectivity index (χ3n) is 2.58. The summed E-state index contributed by atoms with van der Waals surface area (Å²) >= 11 is 2.12. The van der Waals surface area contributed by atoms with Crippen LogP contribution >= 0.6 is 22.6 Å². The van der Waals surface area contributed by atoms with E-state index in [0.29, 0.717) is 5.69 Å². The van der Waals surface area contributed by atoms with Gasteiger partial charge in [0.1, 0.15) is 5.75 Å². The Morgan fingerprint density at radius 3 is 2.43 bits per heavy atom. The van der Waals surface area contributed by atoms with Gasteiger partial charge in [0.05, 0.1) is 11.3 Å². The van der Waals surface area contributed by atoms with E-state index < -0.39 is 12.0 Å². The lowest BCUT2D eigenvalue weighted by Crippen LogP contribution is -2.19. The first-order chi connectivity index (χ1) is 9.95. The molecule has 0 radical (unpaired) electrons. The predicted octanol–water partition coefficient (Wildman–Crippen LogP) is 3.34. The van der Waals surface area contributed by atoms with Crippen LogP contribution in [-0.4, -0.2) is 22.2 Å². The molecule has 0 aliphatic rings. The second kappa shape index (κ2) is 6.44. The standard InChI is InChI=1S/C14H11IN2O4/c15-9-2-1-3-10(7-9)16-14(21)17-11-5-4-8(13(19)20)6-12(11)18/h1-7,18H,(H,19,20)(H2,16,17,21). The fourth-order valence-electron chi connectivity index (χ4n) is 1.62. The highest BCUT2D eigenvalue weighted by molar-refractivity contribution is 14.1. The minimum atomic E-state index is -1.15. The number of carbonyl (C=O) groups is 2. The number of anilines is 2. The molecule has 6 nitrogen and oxygen atoms in total. The van der Waals surface area contributed by atoms with E-state index in [2.05, 4.69) is 33.2 Å². The molecule has 0 aromatic heterocycles. The van der Waals surface area contributed by atoms with Gasteiger partial charge in [-0.25, -0.2) is 9.59 Å². The summed E-state index contributed by atoms with van der Waals surface area (Å²) in [5, 5.41) is 23.5. The van der Waals surface area contributed by atoms with E-state index in [4.69, 9.17) is 5.11 Å². The van der Waals surface area contributed by atoms with E-state index in [-0.39, 0.29) is 17.0 Å². The number of carboxylic acids is 1. The van der Waals surface area contributed by atoms with Gasteiger partial charge >= 0.3 is 12.0 Å². The first kappa shape index (κ1) is 15.1. The zero-order valence-electron chi connectivity index (χ0n) is 10.6. The molecule has 0 spiro atoms. The number of carboxylic acid groups (broad SMARTS) is 1. The van der Waals surface area contributed by atoms with Crippen LogP contribution in [0, 0.1) is 3.57 Å². The zero-order valence-corrected chi connectivity index (χ0v) is 12.8. The summed E-state index contributed by atoms with van der Waals surface area (Å²) in [6, 6.07) is 10.4. The molecule has 0 aliphatic heterocycles. The molecule has 0 saturated carbocycles. The highest BCUT2D eigenvalue weighted by Gasteiger charge is 2.10. The highest BCUT2D eigenvalue weighted by atomic mass is 127. The molecule has 0 bridgehead atoms. The minimum Gasteiger partial charge on any atom is -0.506 e. The third kappa shape index (κ3) is 4.09. The number of hydrogen-bond acceptors (Lipinski definition) is 3. The fraction of sp³-hybridized carbons (Fsp3) is 0. The van der Waals surface area contributed by atoms with Crippen LogP contribution in [0.4, 0.5) is 16.2 Å². The molecular weight excluding hydrogens is 387 g/mol. The van der Waals surface area contributed by atoms with Crippen molar-refractivity contribution in [3.63, 3.8) is 0 Å². The van der Waals surface area contributed by atoms with Crippen LogP contribution in [-0.2, 0) is 0 Å². The van der Waals surface area contributed by atoms with Gasteiger partial charge in [-0.2, -0.15) is 0 Å². The van der Waals surface area contributed by atoms with Crippen LogP contribution in [0.2, 0.25) is 0 Å². The number of halogens is 1. The summed E-state index contributed by atoms with van der Waals surface area (Å²) in [6.45, 7) is 0. The zero-order chi connectivity index (χ0) is 15.4. The molecule has 0 atom stereocenters. The molecule has 21 heavy (non-hydrogen) atoms. The Hall–Kier alpha value is -2.29. The second-order valence-electron chi connectivity index (χ2n) is 4.13. The number of nitrogens with one attached hydrogen (secondary N) is 2. The molecule has 0 fully saturated rings. The number of aromatic hydroxyl groups is 1. The van der Waals surface area contributed by atoms with Crippen LogP contribution in [0.25, 0.3) is 0 Å². The first-order valence-corrected chi connectivity index (χ1v) is 6.93. The van der Waals surface area contributed by atoms with Gasteiger partial charge in [-0.1, -0.05) is 6.07 Å². The summed E-state index contributed by atoms with van der Waals surface area (Å²) < 4.78 is 0.971. The number of urea groups is 1. The number of phenols is 1. The van der Waals surface area contributed by atoms with Crippen LogP contribution < -0.4 is 10.6 Å². The van der Waals surface area contributed by atoms with Crippen molar-refractivity contribution in [2.75, 3.05) is 10.6 Å². The number of hydrogen-bond donors (Lipinski definition) is 4. The van der Waals surface area contributed by atoms with Crippen molar-refractivity contribution in [3.05, 3.63) is 51.6 Å². The van der Waals surface area contributed by atoms with Gasteiger partial charge < -0.3 is 20.8 Å². The summed E-state index contributed by atoms with van der Waals surface area (Å²) in [6.07, 6.45) is 0. The van der Waals surface area contributed by atoms with E-state index in [0.717, 1.165) is 9.64 Å². The van der Waals surface area contributed by atoms with E-state index in [1.807, 2.05) is 6.07 Å². The summed E-state index contributed by atoms with van der Waals surface area (Å²) in [5.41, 5.74) is 0.681. The van der Waals surface area contributed by atoms with Crippen molar-refractivity contribution in [1.29, 1.82) is 0 Å². The van der Waals surface area contributed by atoms with Gasteiger partial charge in [0, 0.05) is 9.26 Å². The lowest BCUT2D eigenvalue weighted by atomic mass is 10.2. The monoisotopic (exact) mass is 398 g/mol. The Bertz CT molecular complexity index is 703. The Balaban J connectivity index is 2.08. The highest BCUT2D eigenvalue weighted by Crippen LogP contribution is 2.24. The molecule has 2 aromatic rings. The Labute approximate surface area is 133 Å². The smallest absolute Gasteiger partial charge is 0.335 e. The van der Waals surface area contributed by atoms with Crippen LogP contribution in [0.5, 0.6) is 5.75 Å². The molecule has 2 aromatic carbocycles. The number of carbonyl (C=O) groups excluding carboxylic acids is 1. The largest absolute Gasteiger partial charge is 0.506 e. The van der Waals surface area contributed by atoms with Gasteiger partial charge in [-0.15, -0.1) is 0 Å². The number of benzene rings is 2. The second-order valence-corrected chi connectivity index (χ2v) is 5.37. The maximum absolute atomic E-state index is 11.8. The predicted molar refractivity (Wildman–Crippen MR) is 86.9 cm³/mol. The van der Waals surface area contributed by atoms with Crippen LogP contribution in [0.1, 0.15) is 10.4 Å². The van der Waals surface area contributed by atoms with Gasteiger partial charge in [-0.3, -0.25) is 0 Å². The number of aromatic carboxylic acids is 1. The minimum absolute atomic E-state index is 0.0592. The van der Waals surface area contributed by atoms with Crippen molar-refractivity contribution < 1.29 is 19.8 Å². The van der Waals surface area contributed by atoms with Crippen LogP contribution in [0.3, 0.4) is 0 Å². The number of phenolic OH excluding ortho intramolecular Hbond substituents is 1. The average Bonchev–Trinajstić information content (AvgIpc) is 2.40. The molecule has 2 amide bonds. The molecule has 0 heterocycles.